The first-order chi connectivity index (χ1) is 17.5. The summed E-state index contributed by atoms with van der Waals surface area (Å²) in [5.74, 6) is -0.864. The lowest BCUT2D eigenvalue weighted by atomic mass is 9.99. The van der Waals surface area contributed by atoms with E-state index in [4.69, 9.17) is 11.5 Å². The van der Waals surface area contributed by atoms with E-state index < -0.39 is 29.8 Å². The van der Waals surface area contributed by atoms with Crippen molar-refractivity contribution in [3.63, 3.8) is 0 Å². The van der Waals surface area contributed by atoms with Crippen molar-refractivity contribution in [2.45, 2.75) is 57.0 Å². The van der Waals surface area contributed by atoms with Crippen molar-refractivity contribution in [3.8, 4) is 0 Å². The van der Waals surface area contributed by atoms with E-state index in [1.54, 1.807) is 36.4 Å². The number of aliphatic hydroxyl groups excluding tert-OH is 1. The highest BCUT2D eigenvalue weighted by molar-refractivity contribution is 7.17. The summed E-state index contributed by atoms with van der Waals surface area (Å²) >= 11 is 1.62. The molecule has 0 aliphatic rings. The van der Waals surface area contributed by atoms with Crippen molar-refractivity contribution in [1.29, 1.82) is 0 Å². The quantitative estimate of drug-likeness (QED) is 0.250. The fourth-order valence-corrected chi connectivity index (χ4v) is 5.25. The van der Waals surface area contributed by atoms with E-state index in [1.807, 2.05) is 79.9 Å². The first-order valence-electron chi connectivity index (χ1n) is 12.4. The highest BCUT2D eigenvalue weighted by atomic mass is 32.1. The highest BCUT2D eigenvalue weighted by Gasteiger charge is 2.34. The van der Waals surface area contributed by atoms with Gasteiger partial charge in [-0.1, -0.05) is 54.6 Å². The molecule has 2 aromatic carbocycles. The molecule has 5 N–H and O–H groups in total. The van der Waals surface area contributed by atoms with Gasteiger partial charge in [0.1, 0.15) is 12.3 Å². The van der Waals surface area contributed by atoms with Gasteiger partial charge in [-0.2, -0.15) is 0 Å². The number of nitrogens with zero attached hydrogens (tertiary/aromatic N) is 2. The minimum atomic E-state index is -1.02. The lowest BCUT2D eigenvalue weighted by Crippen LogP contribution is -2.55. The Balaban J connectivity index is 1.90. The number of amides is 2. The molecule has 37 heavy (non-hydrogen) atoms. The Kier molecular flexibility index (Phi) is 9.62. The Morgan fingerprint density at radius 2 is 1.68 bits per heavy atom. The van der Waals surface area contributed by atoms with Gasteiger partial charge in [0, 0.05) is 23.7 Å². The number of rotatable bonds is 12. The van der Waals surface area contributed by atoms with Crippen LogP contribution in [-0.2, 0) is 22.4 Å². The number of fused-ring (bicyclic) bond motifs is 1. The predicted octanol–water partition coefficient (Wildman–Crippen LogP) is 3.30. The summed E-state index contributed by atoms with van der Waals surface area (Å²) in [4.78, 5) is 29.4. The molecule has 7 nitrogen and oxygen atoms in total. The van der Waals surface area contributed by atoms with Gasteiger partial charge in [-0.3, -0.25) is 14.5 Å². The summed E-state index contributed by atoms with van der Waals surface area (Å²) in [7, 11) is 3.32. The molecule has 3 unspecified atom stereocenters. The van der Waals surface area contributed by atoms with E-state index in [2.05, 4.69) is 0 Å². The fourth-order valence-electron chi connectivity index (χ4n) is 4.27. The second kappa shape index (κ2) is 12.5. The van der Waals surface area contributed by atoms with Gasteiger partial charge in [-0.05, 0) is 67.8 Å². The normalized spacial score (nSPS) is 14.7. The van der Waals surface area contributed by atoms with E-state index in [0.717, 1.165) is 21.2 Å². The van der Waals surface area contributed by atoms with Crippen LogP contribution in [0.4, 0.5) is 0 Å². The molecule has 0 bridgehead atoms. The van der Waals surface area contributed by atoms with Crippen LogP contribution in [0.3, 0.4) is 0 Å². The molecule has 0 saturated heterocycles. The monoisotopic (exact) mass is 522 g/mol. The number of nitrogens with two attached hydrogens (primary N) is 2. The average Bonchev–Trinajstić information content (AvgIpc) is 3.27. The molecule has 0 radical (unpaired) electrons. The molecular formula is C29H38N4O3S. The van der Waals surface area contributed by atoms with Crippen molar-refractivity contribution in [2.24, 2.45) is 11.5 Å². The number of hydrogen-bond acceptors (Lipinski definition) is 6. The maximum atomic E-state index is 13.9. The van der Waals surface area contributed by atoms with Crippen molar-refractivity contribution >= 4 is 33.2 Å². The van der Waals surface area contributed by atoms with Gasteiger partial charge in [0.05, 0.1) is 6.04 Å². The van der Waals surface area contributed by atoms with E-state index in [9.17, 15) is 14.7 Å². The van der Waals surface area contributed by atoms with Crippen molar-refractivity contribution < 1.29 is 14.7 Å². The molecule has 0 fully saturated rings. The second-order valence-corrected chi connectivity index (χ2v) is 11.1. The van der Waals surface area contributed by atoms with Crippen LogP contribution < -0.4 is 11.5 Å². The van der Waals surface area contributed by atoms with Gasteiger partial charge in [0.2, 0.25) is 11.8 Å². The number of likely N-dealkylation sites (N-methyl/N-ethyl adjacent to an activating group) is 2. The molecule has 2 amide bonds. The van der Waals surface area contributed by atoms with Crippen LogP contribution in [0.25, 0.3) is 10.1 Å². The summed E-state index contributed by atoms with van der Waals surface area (Å²) in [6.07, 6.45) is 3.71. The maximum Gasteiger partial charge on any atom is 0.240 e. The van der Waals surface area contributed by atoms with Crippen LogP contribution in [0.1, 0.15) is 31.4 Å². The Bertz CT molecular complexity index is 1220. The molecule has 3 atom stereocenters. The molecule has 3 rings (SSSR count). The van der Waals surface area contributed by atoms with Gasteiger partial charge in [-0.25, -0.2) is 0 Å². The van der Waals surface area contributed by atoms with Crippen molar-refractivity contribution in [2.75, 3.05) is 14.1 Å². The molecule has 0 spiro atoms. The topological polar surface area (TPSA) is 113 Å². The molecular weight excluding hydrogens is 484 g/mol. The first kappa shape index (κ1) is 28.5. The van der Waals surface area contributed by atoms with E-state index in [0.29, 0.717) is 19.3 Å². The highest BCUT2D eigenvalue weighted by Crippen LogP contribution is 2.28. The third-order valence-electron chi connectivity index (χ3n) is 6.54. The van der Waals surface area contributed by atoms with Crippen LogP contribution in [0.2, 0.25) is 0 Å². The summed E-state index contributed by atoms with van der Waals surface area (Å²) in [5, 5.41) is 14.1. The zero-order valence-electron chi connectivity index (χ0n) is 22.0. The second-order valence-electron chi connectivity index (χ2n) is 10.2. The summed E-state index contributed by atoms with van der Waals surface area (Å²) in [6.45, 7) is 3.82. The number of aliphatic hydroxyl groups is 1. The lowest BCUT2D eigenvalue weighted by molar-refractivity contribution is -0.144. The third kappa shape index (κ3) is 7.72. The number of hydrogen-bond donors (Lipinski definition) is 3. The minimum Gasteiger partial charge on any atom is -0.375 e. The number of carbonyl (C=O) groups excluding carboxylic acids is 2. The van der Waals surface area contributed by atoms with Crippen molar-refractivity contribution in [3.05, 3.63) is 83.3 Å². The van der Waals surface area contributed by atoms with Crippen molar-refractivity contribution in [1.82, 2.24) is 9.80 Å². The summed E-state index contributed by atoms with van der Waals surface area (Å²) in [6, 6.07) is 16.0. The first-order valence-corrected chi connectivity index (χ1v) is 13.3. The number of thiophene rings is 1. The van der Waals surface area contributed by atoms with Crippen LogP contribution in [0.15, 0.2) is 72.1 Å². The zero-order chi connectivity index (χ0) is 27.2. The molecule has 0 saturated carbocycles. The molecule has 198 valence electrons. The molecule has 3 aromatic rings. The van der Waals surface area contributed by atoms with Gasteiger partial charge in [0.25, 0.3) is 0 Å². The van der Waals surface area contributed by atoms with Gasteiger partial charge >= 0.3 is 0 Å². The van der Waals surface area contributed by atoms with E-state index >= 15 is 0 Å². The molecule has 1 heterocycles. The lowest BCUT2D eigenvalue weighted by Gasteiger charge is -2.35. The Morgan fingerprint density at radius 1 is 1.03 bits per heavy atom. The molecule has 0 aliphatic heterocycles. The smallest absolute Gasteiger partial charge is 0.240 e. The third-order valence-corrected chi connectivity index (χ3v) is 7.55. The SMILES string of the molecule is CN(C(=O)C(Cc1csc2ccccc12)N(C)C(O)C=CCC(C)(C)N)C(Cc1ccccc1)C(N)=O. The summed E-state index contributed by atoms with van der Waals surface area (Å²) in [5.41, 5.74) is 13.3. The maximum absolute atomic E-state index is 13.9. The van der Waals surface area contributed by atoms with Crippen LogP contribution in [-0.4, -0.2) is 64.7 Å². The van der Waals surface area contributed by atoms with E-state index in [1.165, 1.54) is 4.90 Å². The summed E-state index contributed by atoms with van der Waals surface area (Å²) < 4.78 is 1.13. The molecule has 8 heteroatoms. The number of carbonyl (C=O) groups is 2. The number of primary amides is 1. The van der Waals surface area contributed by atoms with Crippen LogP contribution >= 0.6 is 11.3 Å². The zero-order valence-corrected chi connectivity index (χ0v) is 22.8. The minimum absolute atomic E-state index is 0.288. The largest absolute Gasteiger partial charge is 0.375 e. The van der Waals surface area contributed by atoms with Gasteiger partial charge in [0.15, 0.2) is 0 Å². The Morgan fingerprint density at radius 3 is 2.32 bits per heavy atom. The van der Waals surface area contributed by atoms with Crippen LogP contribution in [0, 0.1) is 0 Å². The van der Waals surface area contributed by atoms with Gasteiger partial charge in [-0.15, -0.1) is 11.3 Å². The predicted molar refractivity (Wildman–Crippen MR) is 151 cm³/mol. The average molecular weight is 523 g/mol. The number of benzene rings is 2. The Labute approximate surface area is 223 Å². The van der Waals surface area contributed by atoms with E-state index in [-0.39, 0.29) is 5.91 Å². The fraction of sp³-hybridized carbons (Fsp3) is 0.379. The van der Waals surface area contributed by atoms with Gasteiger partial charge < -0.3 is 21.5 Å². The Hall–Kier alpha value is -3.04. The molecule has 1 aromatic heterocycles. The van der Waals surface area contributed by atoms with Crippen LogP contribution in [0.5, 0.6) is 0 Å². The standard InChI is InChI=1S/C29H38N4O3S/c1-29(2,31)16-10-15-26(34)32(3)24(18-21-19-37-25-14-9-8-13-22(21)25)28(36)33(4)23(27(30)35)17-20-11-6-5-7-12-20/h5-15,19,23-24,26,34H,16-18,31H2,1-4H3,(H2,30,35). The molecule has 0 aliphatic carbocycles.